The molecule has 0 spiro atoms. The van der Waals surface area contributed by atoms with Gasteiger partial charge in [0, 0.05) is 37.6 Å². The van der Waals surface area contributed by atoms with Crippen molar-refractivity contribution in [2.75, 3.05) is 18.0 Å². The first kappa shape index (κ1) is 17.6. The fraction of sp³-hybridized carbons (Fsp3) is 0.391. The first-order valence-corrected chi connectivity index (χ1v) is 10.8. The van der Waals surface area contributed by atoms with Crippen LogP contribution in [0.1, 0.15) is 49.1 Å². The molecule has 2 atom stereocenters. The number of hydrogen-bond acceptors (Lipinski definition) is 5. The molecule has 2 aliphatic rings. The van der Waals surface area contributed by atoms with Gasteiger partial charge in [-0.1, -0.05) is 13.0 Å². The van der Waals surface area contributed by atoms with Gasteiger partial charge in [-0.15, -0.1) is 0 Å². The molecule has 0 unspecified atom stereocenters. The highest BCUT2D eigenvalue weighted by molar-refractivity contribution is 5.61. The fourth-order valence-electron chi connectivity index (χ4n) is 4.73. The van der Waals surface area contributed by atoms with Crippen molar-refractivity contribution in [2.24, 2.45) is 5.92 Å². The Morgan fingerprint density at radius 1 is 1.00 bits per heavy atom. The Morgan fingerprint density at radius 2 is 1.93 bits per heavy atom. The van der Waals surface area contributed by atoms with Crippen molar-refractivity contribution in [3.05, 3.63) is 60.3 Å². The highest BCUT2D eigenvalue weighted by atomic mass is 15.3. The van der Waals surface area contributed by atoms with E-state index in [9.17, 15) is 0 Å². The molecule has 2 fully saturated rings. The second kappa shape index (κ2) is 6.93. The number of pyridine rings is 1. The highest BCUT2D eigenvalue weighted by Gasteiger charge is 2.28. The minimum atomic E-state index is 0.441. The lowest BCUT2D eigenvalue weighted by Crippen LogP contribution is -2.39. The summed E-state index contributed by atoms with van der Waals surface area (Å²) in [7, 11) is 0. The van der Waals surface area contributed by atoms with Crippen molar-refractivity contribution in [3.8, 4) is 11.4 Å². The van der Waals surface area contributed by atoms with Crippen molar-refractivity contribution < 1.29 is 0 Å². The van der Waals surface area contributed by atoms with Gasteiger partial charge in [0.2, 0.25) is 5.95 Å². The molecule has 4 aromatic heterocycles. The molecule has 1 aliphatic carbocycles. The lowest BCUT2D eigenvalue weighted by molar-refractivity contribution is 0.398. The molecule has 0 aromatic carbocycles. The van der Waals surface area contributed by atoms with Crippen LogP contribution in [0, 0.1) is 5.92 Å². The second-order valence-corrected chi connectivity index (χ2v) is 8.82. The number of rotatable bonds is 4. The summed E-state index contributed by atoms with van der Waals surface area (Å²) < 4.78 is 2.17. The van der Waals surface area contributed by atoms with Gasteiger partial charge < -0.3 is 4.90 Å². The quantitative estimate of drug-likeness (QED) is 0.561. The van der Waals surface area contributed by atoms with Gasteiger partial charge in [-0.05, 0) is 54.4 Å². The van der Waals surface area contributed by atoms with Crippen molar-refractivity contribution in [2.45, 2.75) is 38.0 Å². The van der Waals surface area contributed by atoms with Crippen LogP contribution in [0.2, 0.25) is 0 Å². The van der Waals surface area contributed by atoms with Gasteiger partial charge in [0.05, 0.1) is 23.8 Å². The third-order valence-electron chi connectivity index (χ3n) is 6.42. The van der Waals surface area contributed by atoms with E-state index in [0.29, 0.717) is 17.8 Å². The average Bonchev–Trinajstić information content (AvgIpc) is 3.31. The number of nitrogens with one attached hydrogen (secondary N) is 1. The van der Waals surface area contributed by atoms with E-state index in [1.807, 2.05) is 30.9 Å². The van der Waals surface area contributed by atoms with Gasteiger partial charge in [0.25, 0.3) is 0 Å². The van der Waals surface area contributed by atoms with E-state index < -0.39 is 0 Å². The summed E-state index contributed by atoms with van der Waals surface area (Å²) in [6.45, 7) is 4.18. The van der Waals surface area contributed by atoms with Crippen LogP contribution in [0.3, 0.4) is 0 Å². The zero-order chi connectivity index (χ0) is 20.1. The van der Waals surface area contributed by atoms with Crippen LogP contribution in [0.25, 0.3) is 17.0 Å². The average molecular weight is 400 g/mol. The Morgan fingerprint density at radius 3 is 2.77 bits per heavy atom. The molecule has 0 radical (unpaired) electrons. The summed E-state index contributed by atoms with van der Waals surface area (Å²) in [4.78, 5) is 16.5. The van der Waals surface area contributed by atoms with Gasteiger partial charge >= 0.3 is 0 Å². The standard InChI is InChI=1S/C23H25N7/c1-15-8-18(19-9-26-27-10-19)13-29(12-15)23-24-7-6-20(28-23)21-11-25-22-5-4-17(14-30(21)22)16-2-3-16/h4-7,9-11,14-16,18H,2-3,8,12-13H2,1H3,(H,26,27)/t15-,18+/m0/s1. The van der Waals surface area contributed by atoms with E-state index in [2.05, 4.69) is 54.7 Å². The molecule has 1 N–H and O–H groups in total. The number of fused-ring (bicyclic) bond motifs is 1. The number of piperidine rings is 1. The van der Waals surface area contributed by atoms with Crippen LogP contribution in [-0.4, -0.2) is 42.6 Å². The maximum atomic E-state index is 4.96. The Bertz CT molecular complexity index is 1180. The minimum Gasteiger partial charge on any atom is -0.340 e. The van der Waals surface area contributed by atoms with Gasteiger partial charge in [-0.3, -0.25) is 9.50 Å². The van der Waals surface area contributed by atoms with Gasteiger partial charge in [0.15, 0.2) is 0 Å². The monoisotopic (exact) mass is 399 g/mol. The van der Waals surface area contributed by atoms with Crippen LogP contribution in [0.4, 0.5) is 5.95 Å². The molecule has 0 bridgehead atoms. The third-order valence-corrected chi connectivity index (χ3v) is 6.42. The molecule has 152 valence electrons. The first-order valence-electron chi connectivity index (χ1n) is 10.8. The second-order valence-electron chi connectivity index (χ2n) is 8.82. The lowest BCUT2D eigenvalue weighted by Gasteiger charge is -2.36. The highest BCUT2D eigenvalue weighted by Crippen LogP contribution is 2.40. The molecular weight excluding hydrogens is 374 g/mol. The predicted molar refractivity (Wildman–Crippen MR) is 116 cm³/mol. The number of aromatic amines is 1. The fourth-order valence-corrected chi connectivity index (χ4v) is 4.73. The van der Waals surface area contributed by atoms with E-state index in [0.717, 1.165) is 42.5 Å². The number of H-pyrrole nitrogens is 1. The summed E-state index contributed by atoms with van der Waals surface area (Å²) in [5, 5.41) is 7.08. The van der Waals surface area contributed by atoms with Crippen LogP contribution in [0.5, 0.6) is 0 Å². The van der Waals surface area contributed by atoms with E-state index >= 15 is 0 Å². The number of hydrogen-bond donors (Lipinski definition) is 1. The zero-order valence-electron chi connectivity index (χ0n) is 17.1. The summed E-state index contributed by atoms with van der Waals surface area (Å²) in [6, 6.07) is 6.30. The number of anilines is 1. The molecule has 1 aliphatic heterocycles. The van der Waals surface area contributed by atoms with Gasteiger partial charge in [0.1, 0.15) is 5.65 Å². The Kier molecular flexibility index (Phi) is 4.07. The lowest BCUT2D eigenvalue weighted by atomic mass is 9.87. The molecule has 0 amide bonds. The molecule has 6 rings (SSSR count). The molecule has 7 nitrogen and oxygen atoms in total. The van der Waals surface area contributed by atoms with Crippen LogP contribution < -0.4 is 4.90 Å². The van der Waals surface area contributed by atoms with E-state index in [-0.39, 0.29) is 0 Å². The SMILES string of the molecule is C[C@H]1C[C@@H](c2cn[nH]c2)CN(c2nccc(-c3cnc4ccc(C5CC5)cn34)n2)C1. The normalized spacial score (nSPS) is 22.0. The summed E-state index contributed by atoms with van der Waals surface area (Å²) >= 11 is 0. The van der Waals surface area contributed by atoms with Crippen molar-refractivity contribution in [3.63, 3.8) is 0 Å². The van der Waals surface area contributed by atoms with E-state index in [1.54, 1.807) is 0 Å². The molecule has 7 heteroatoms. The third kappa shape index (κ3) is 3.14. The molecule has 5 heterocycles. The van der Waals surface area contributed by atoms with Gasteiger partial charge in [-0.25, -0.2) is 15.0 Å². The van der Waals surface area contributed by atoms with E-state index in [4.69, 9.17) is 4.98 Å². The maximum Gasteiger partial charge on any atom is 0.225 e. The summed E-state index contributed by atoms with van der Waals surface area (Å²) in [5.74, 6) is 2.51. The van der Waals surface area contributed by atoms with Crippen molar-refractivity contribution in [1.29, 1.82) is 0 Å². The zero-order valence-corrected chi connectivity index (χ0v) is 17.1. The number of nitrogens with zero attached hydrogens (tertiary/aromatic N) is 6. The first-order chi connectivity index (χ1) is 14.7. The number of aromatic nitrogens is 6. The van der Waals surface area contributed by atoms with Crippen molar-refractivity contribution >= 4 is 11.6 Å². The number of imidazole rings is 1. The largest absolute Gasteiger partial charge is 0.340 e. The predicted octanol–water partition coefficient (Wildman–Crippen LogP) is 4.02. The topological polar surface area (TPSA) is 75.0 Å². The van der Waals surface area contributed by atoms with Crippen molar-refractivity contribution in [1.82, 2.24) is 29.5 Å². The summed E-state index contributed by atoms with van der Waals surface area (Å²) in [5.41, 5.74) is 5.55. The molecule has 30 heavy (non-hydrogen) atoms. The van der Waals surface area contributed by atoms with Crippen LogP contribution >= 0.6 is 0 Å². The molecular formula is C23H25N7. The van der Waals surface area contributed by atoms with E-state index in [1.165, 1.54) is 24.0 Å². The smallest absolute Gasteiger partial charge is 0.225 e. The summed E-state index contributed by atoms with van der Waals surface area (Å²) in [6.07, 6.45) is 13.7. The Labute approximate surface area is 175 Å². The van der Waals surface area contributed by atoms with Crippen LogP contribution in [0.15, 0.2) is 49.2 Å². The Hall–Kier alpha value is -3.22. The maximum absolute atomic E-state index is 4.96. The Balaban J connectivity index is 1.34. The minimum absolute atomic E-state index is 0.441. The van der Waals surface area contributed by atoms with Crippen LogP contribution in [-0.2, 0) is 0 Å². The van der Waals surface area contributed by atoms with Gasteiger partial charge in [-0.2, -0.15) is 5.10 Å². The molecule has 1 saturated carbocycles. The molecule has 1 saturated heterocycles. The molecule has 4 aromatic rings.